The number of hydrogen-bond donors (Lipinski definition) is 0. The third kappa shape index (κ3) is 5.50. The Morgan fingerprint density at radius 2 is 1.56 bits per heavy atom. The third-order valence-electron chi connectivity index (χ3n) is 7.45. The van der Waals surface area contributed by atoms with Gasteiger partial charge in [0.2, 0.25) is 15.9 Å². The molecule has 2 heterocycles. The summed E-state index contributed by atoms with van der Waals surface area (Å²) in [5.74, 6) is -1.02. The van der Waals surface area contributed by atoms with Crippen LogP contribution in [0.4, 0.5) is 5.69 Å². The first kappa shape index (κ1) is 26.8. The summed E-state index contributed by atoms with van der Waals surface area (Å²) in [6.07, 6.45) is 0.869. The number of amides is 2. The molecule has 0 spiro atoms. The minimum absolute atomic E-state index is 0.108. The number of nitrogens with zero attached hydrogens (tertiary/aromatic N) is 4. The van der Waals surface area contributed by atoms with Crippen LogP contribution in [-0.4, -0.2) is 54.6 Å². The Morgan fingerprint density at radius 1 is 0.923 bits per heavy atom. The first-order chi connectivity index (χ1) is 18.8. The first-order valence-electron chi connectivity index (χ1n) is 13.0. The Kier molecular flexibility index (Phi) is 7.62. The van der Waals surface area contributed by atoms with Crippen LogP contribution in [0.2, 0.25) is 0 Å². The predicted octanol–water partition coefficient (Wildman–Crippen LogP) is 3.85. The van der Waals surface area contributed by atoms with Gasteiger partial charge in [0.15, 0.2) is 0 Å². The number of piperidine rings is 1. The molecule has 3 aromatic carbocycles. The minimum Gasteiger partial charge on any atom is -0.299 e. The van der Waals surface area contributed by atoms with E-state index in [-0.39, 0.29) is 11.3 Å². The maximum atomic E-state index is 14.1. The second kappa shape index (κ2) is 11.1. The monoisotopic (exact) mass is 542 g/mol. The minimum atomic E-state index is -4.08. The lowest BCUT2D eigenvalue weighted by molar-refractivity contribution is -0.122. The van der Waals surface area contributed by atoms with Crippen molar-refractivity contribution in [1.82, 2.24) is 9.21 Å². The standard InChI is InChI=1S/C30H30N4O4S/c1-22-7-13-27(14-8-22)39(37,38)34(26-15-17-32(18-16-26)21-24-5-3-2-4-6-24)28-19-29(35)33(30(28)36)25-11-9-23(20-31)10-12-25/h2-14,26,28H,15-19,21H2,1H3. The van der Waals surface area contributed by atoms with Crippen molar-refractivity contribution in [3.05, 3.63) is 95.6 Å². The summed E-state index contributed by atoms with van der Waals surface area (Å²) in [4.78, 5) is 30.3. The van der Waals surface area contributed by atoms with Crippen molar-refractivity contribution in [3.8, 4) is 6.07 Å². The van der Waals surface area contributed by atoms with Gasteiger partial charge in [0, 0.05) is 25.7 Å². The van der Waals surface area contributed by atoms with Crippen molar-refractivity contribution in [2.24, 2.45) is 0 Å². The van der Waals surface area contributed by atoms with Crippen LogP contribution >= 0.6 is 0 Å². The van der Waals surface area contributed by atoms with Crippen LogP contribution in [-0.2, 0) is 26.2 Å². The van der Waals surface area contributed by atoms with Crippen LogP contribution in [0.15, 0.2) is 83.8 Å². The molecule has 2 aliphatic rings. The average molecular weight is 543 g/mol. The number of carbonyl (C=O) groups excluding carboxylic acids is 2. The molecule has 39 heavy (non-hydrogen) atoms. The molecule has 5 rings (SSSR count). The summed E-state index contributed by atoms with van der Waals surface area (Å²) >= 11 is 0. The quantitative estimate of drug-likeness (QED) is 0.420. The molecule has 0 bridgehead atoms. The molecular weight excluding hydrogens is 512 g/mol. The molecule has 2 aliphatic heterocycles. The zero-order valence-electron chi connectivity index (χ0n) is 21.7. The maximum Gasteiger partial charge on any atom is 0.252 e. The SMILES string of the molecule is Cc1ccc(S(=O)(=O)N(C2CCN(Cc3ccccc3)CC2)C2CC(=O)N(c3ccc(C#N)cc3)C2=O)cc1. The second-order valence-electron chi connectivity index (χ2n) is 10.1. The van der Waals surface area contributed by atoms with Crippen molar-refractivity contribution < 1.29 is 18.0 Å². The van der Waals surface area contributed by atoms with Crippen LogP contribution in [0.5, 0.6) is 0 Å². The molecule has 9 heteroatoms. The number of rotatable bonds is 7. The molecule has 200 valence electrons. The largest absolute Gasteiger partial charge is 0.299 e. The van der Waals surface area contributed by atoms with Crippen LogP contribution in [0.25, 0.3) is 0 Å². The summed E-state index contributed by atoms with van der Waals surface area (Å²) < 4.78 is 29.5. The van der Waals surface area contributed by atoms with E-state index in [1.54, 1.807) is 24.3 Å². The summed E-state index contributed by atoms with van der Waals surface area (Å²) in [7, 11) is -4.08. The fraction of sp³-hybridized carbons (Fsp3) is 0.300. The molecule has 1 unspecified atom stereocenters. The normalized spacial score (nSPS) is 19.0. The smallest absolute Gasteiger partial charge is 0.252 e. The van der Waals surface area contributed by atoms with Gasteiger partial charge in [0.05, 0.1) is 28.6 Å². The maximum absolute atomic E-state index is 14.1. The number of likely N-dealkylation sites (tertiary alicyclic amines) is 1. The van der Waals surface area contributed by atoms with E-state index in [1.807, 2.05) is 31.2 Å². The molecule has 8 nitrogen and oxygen atoms in total. The van der Waals surface area contributed by atoms with Crippen molar-refractivity contribution in [2.45, 2.75) is 49.7 Å². The number of anilines is 1. The summed E-state index contributed by atoms with van der Waals surface area (Å²) in [5.41, 5.74) is 2.85. The van der Waals surface area contributed by atoms with Crippen LogP contribution in [0, 0.1) is 18.3 Å². The number of sulfonamides is 1. The van der Waals surface area contributed by atoms with Crippen LogP contribution in [0.1, 0.15) is 36.0 Å². The van der Waals surface area contributed by atoms with E-state index in [2.05, 4.69) is 17.0 Å². The molecule has 0 saturated carbocycles. The number of imide groups is 1. The van der Waals surface area contributed by atoms with Gasteiger partial charge in [-0.25, -0.2) is 13.3 Å². The highest BCUT2D eigenvalue weighted by molar-refractivity contribution is 7.89. The van der Waals surface area contributed by atoms with Gasteiger partial charge in [0.25, 0.3) is 5.91 Å². The number of nitriles is 1. The first-order valence-corrected chi connectivity index (χ1v) is 14.5. The van der Waals surface area contributed by atoms with Gasteiger partial charge >= 0.3 is 0 Å². The van der Waals surface area contributed by atoms with Gasteiger partial charge in [0.1, 0.15) is 6.04 Å². The Balaban J connectivity index is 1.44. The molecule has 2 amide bonds. The highest BCUT2D eigenvalue weighted by atomic mass is 32.2. The average Bonchev–Trinajstić information content (AvgIpc) is 3.23. The van der Waals surface area contributed by atoms with Crippen molar-refractivity contribution >= 4 is 27.5 Å². The Bertz CT molecular complexity index is 1490. The topological polar surface area (TPSA) is 102 Å². The molecule has 2 fully saturated rings. The summed E-state index contributed by atoms with van der Waals surface area (Å²) in [5, 5.41) is 9.10. The molecule has 1 atom stereocenters. The number of carbonyl (C=O) groups is 2. The lowest BCUT2D eigenvalue weighted by atomic mass is 10.0. The van der Waals surface area contributed by atoms with E-state index < -0.39 is 33.9 Å². The number of hydrogen-bond acceptors (Lipinski definition) is 6. The number of aryl methyl sites for hydroxylation is 1. The molecule has 0 aromatic heterocycles. The zero-order chi connectivity index (χ0) is 27.6. The van der Waals surface area contributed by atoms with Gasteiger partial charge in [-0.05, 0) is 61.7 Å². The Hall–Kier alpha value is -3.84. The van der Waals surface area contributed by atoms with E-state index in [0.29, 0.717) is 37.2 Å². The van der Waals surface area contributed by atoms with Gasteiger partial charge < -0.3 is 0 Å². The second-order valence-corrected chi connectivity index (χ2v) is 11.9. The fourth-order valence-corrected chi connectivity index (χ4v) is 7.22. The summed E-state index contributed by atoms with van der Waals surface area (Å²) in [6.45, 7) is 4.00. The van der Waals surface area contributed by atoms with E-state index >= 15 is 0 Å². The zero-order valence-corrected chi connectivity index (χ0v) is 22.5. The van der Waals surface area contributed by atoms with E-state index in [0.717, 1.165) is 17.0 Å². The predicted molar refractivity (Wildman–Crippen MR) is 147 cm³/mol. The molecular formula is C30H30N4O4S. The van der Waals surface area contributed by atoms with Crippen molar-refractivity contribution in [3.63, 3.8) is 0 Å². The highest BCUT2D eigenvalue weighted by Crippen LogP contribution is 2.34. The summed E-state index contributed by atoms with van der Waals surface area (Å²) in [6, 6.07) is 23.3. The van der Waals surface area contributed by atoms with Crippen molar-refractivity contribution in [2.75, 3.05) is 18.0 Å². The third-order valence-corrected chi connectivity index (χ3v) is 9.42. The lowest BCUT2D eigenvalue weighted by Gasteiger charge is -2.39. The van der Waals surface area contributed by atoms with E-state index in [9.17, 15) is 18.0 Å². The molecule has 0 radical (unpaired) electrons. The van der Waals surface area contributed by atoms with Crippen molar-refractivity contribution in [1.29, 1.82) is 5.26 Å². The highest BCUT2D eigenvalue weighted by Gasteiger charge is 2.49. The molecule has 2 saturated heterocycles. The number of benzene rings is 3. The van der Waals surface area contributed by atoms with E-state index in [4.69, 9.17) is 5.26 Å². The van der Waals surface area contributed by atoms with Crippen LogP contribution < -0.4 is 4.90 Å². The molecule has 0 N–H and O–H groups in total. The Labute approximate surface area is 229 Å². The Morgan fingerprint density at radius 3 is 2.18 bits per heavy atom. The van der Waals surface area contributed by atoms with Gasteiger partial charge in [-0.15, -0.1) is 0 Å². The van der Waals surface area contributed by atoms with Crippen LogP contribution in [0.3, 0.4) is 0 Å². The van der Waals surface area contributed by atoms with Gasteiger partial charge in [-0.3, -0.25) is 14.5 Å². The molecule has 3 aromatic rings. The van der Waals surface area contributed by atoms with Gasteiger partial charge in [-0.1, -0.05) is 48.0 Å². The molecule has 0 aliphatic carbocycles. The van der Waals surface area contributed by atoms with E-state index in [1.165, 1.54) is 34.1 Å². The lowest BCUT2D eigenvalue weighted by Crippen LogP contribution is -2.53. The fourth-order valence-electron chi connectivity index (χ4n) is 5.39. The van der Waals surface area contributed by atoms with Gasteiger partial charge in [-0.2, -0.15) is 9.57 Å².